The summed E-state index contributed by atoms with van der Waals surface area (Å²) in [5, 5.41) is 0. The molecule has 0 amide bonds. The topological polar surface area (TPSA) is 52.6 Å². The lowest BCUT2D eigenvalue weighted by Crippen LogP contribution is -2.26. The molecule has 0 saturated carbocycles. The van der Waals surface area contributed by atoms with Crippen molar-refractivity contribution in [1.82, 2.24) is 0 Å². The number of rotatable bonds is 12. The molecule has 0 atom stereocenters. The van der Waals surface area contributed by atoms with Gasteiger partial charge in [0, 0.05) is 0 Å². The lowest BCUT2D eigenvalue weighted by Gasteiger charge is -2.20. The zero-order valence-corrected chi connectivity index (χ0v) is 18.9. The molecule has 4 nitrogen and oxygen atoms in total. The molecule has 0 radical (unpaired) electrons. The molecule has 0 heterocycles. The highest BCUT2D eigenvalue weighted by Gasteiger charge is 2.26. The summed E-state index contributed by atoms with van der Waals surface area (Å²) in [7, 11) is 0. The van der Waals surface area contributed by atoms with Gasteiger partial charge in [-0.1, -0.05) is 67.6 Å². The fraction of sp³-hybridized carbons (Fsp3) is 0.407. The molecule has 0 saturated heterocycles. The minimum absolute atomic E-state index is 0.137. The van der Waals surface area contributed by atoms with Gasteiger partial charge in [0.15, 0.2) is 0 Å². The minimum Gasteiger partial charge on any atom is -0.465 e. The number of hydrogen-bond donors (Lipinski definition) is 0. The molecule has 0 spiro atoms. The van der Waals surface area contributed by atoms with Crippen LogP contribution < -0.4 is 0 Å². The first-order valence-electron chi connectivity index (χ1n) is 11.1. The van der Waals surface area contributed by atoms with Crippen molar-refractivity contribution in [2.45, 2.75) is 52.9 Å². The molecular weight excluding hydrogens is 388 g/mol. The molecule has 0 N–H and O–H groups in total. The van der Waals surface area contributed by atoms with Crippen molar-refractivity contribution >= 4 is 23.6 Å². The van der Waals surface area contributed by atoms with E-state index in [-0.39, 0.29) is 11.9 Å². The molecule has 166 valence electrons. The first-order chi connectivity index (χ1) is 14.9. The average molecular weight is 423 g/mol. The summed E-state index contributed by atoms with van der Waals surface area (Å²) in [6.07, 6.45) is 6.09. The number of ether oxygens (including phenoxy) is 2. The third-order valence-electron chi connectivity index (χ3n) is 5.36. The highest BCUT2D eigenvalue weighted by atomic mass is 16.5. The van der Waals surface area contributed by atoms with Gasteiger partial charge in [-0.2, -0.15) is 0 Å². The predicted molar refractivity (Wildman–Crippen MR) is 125 cm³/mol. The van der Waals surface area contributed by atoms with Crippen molar-refractivity contribution in [3.63, 3.8) is 0 Å². The number of carbonyl (C=O) groups is 2. The lowest BCUT2D eigenvalue weighted by atomic mass is 9.91. The standard InChI is InChI=1S/C27H34O4/c1-4-27(2,3)26(29)31-20-14-6-5-13-19-30-25(28)24(23-17-11-8-12-18-23)21-22-15-9-7-10-16-22/h7-12,15-18,21H,4-6,13-14,19-20H2,1-3H3/b24-21-. The Morgan fingerprint density at radius 2 is 1.35 bits per heavy atom. The van der Waals surface area contributed by atoms with Crippen LogP contribution in [0.1, 0.15) is 64.0 Å². The fourth-order valence-electron chi connectivity index (χ4n) is 2.90. The lowest BCUT2D eigenvalue weighted by molar-refractivity contribution is -0.154. The summed E-state index contributed by atoms with van der Waals surface area (Å²) < 4.78 is 10.9. The molecule has 0 aromatic heterocycles. The van der Waals surface area contributed by atoms with E-state index >= 15 is 0 Å². The van der Waals surface area contributed by atoms with Crippen LogP contribution in [0.3, 0.4) is 0 Å². The Hall–Kier alpha value is -2.88. The SMILES string of the molecule is CCC(C)(C)C(=O)OCCCCCCOC(=O)/C(=C\c1ccccc1)c1ccccc1. The third-order valence-corrected chi connectivity index (χ3v) is 5.36. The maximum absolute atomic E-state index is 12.7. The summed E-state index contributed by atoms with van der Waals surface area (Å²) in [6.45, 7) is 6.61. The fourth-order valence-corrected chi connectivity index (χ4v) is 2.90. The summed E-state index contributed by atoms with van der Waals surface area (Å²) in [5.41, 5.74) is 1.93. The van der Waals surface area contributed by atoms with Crippen LogP contribution in [0.2, 0.25) is 0 Å². The van der Waals surface area contributed by atoms with Crippen LogP contribution in [0.4, 0.5) is 0 Å². The van der Waals surface area contributed by atoms with Gasteiger partial charge >= 0.3 is 11.9 Å². The summed E-state index contributed by atoms with van der Waals surface area (Å²) in [4.78, 5) is 24.7. The van der Waals surface area contributed by atoms with Crippen LogP contribution in [-0.4, -0.2) is 25.2 Å². The van der Waals surface area contributed by atoms with Gasteiger partial charge in [0.05, 0.1) is 24.2 Å². The monoisotopic (exact) mass is 422 g/mol. The first kappa shape index (κ1) is 24.4. The van der Waals surface area contributed by atoms with E-state index in [1.54, 1.807) is 0 Å². The van der Waals surface area contributed by atoms with Gasteiger partial charge in [0.2, 0.25) is 0 Å². The smallest absolute Gasteiger partial charge is 0.338 e. The number of benzene rings is 2. The molecule has 0 aliphatic rings. The molecule has 4 heteroatoms. The number of unbranched alkanes of at least 4 members (excludes halogenated alkanes) is 3. The molecule has 0 bridgehead atoms. The van der Waals surface area contributed by atoms with Crippen LogP contribution in [0.25, 0.3) is 11.6 Å². The second-order valence-corrected chi connectivity index (χ2v) is 8.26. The number of esters is 2. The quantitative estimate of drug-likeness (QED) is 0.174. The van der Waals surface area contributed by atoms with Crippen LogP contribution in [0.15, 0.2) is 60.7 Å². The Labute approximate surface area is 186 Å². The molecular formula is C27H34O4. The van der Waals surface area contributed by atoms with E-state index in [1.165, 1.54) is 0 Å². The first-order valence-corrected chi connectivity index (χ1v) is 11.1. The molecule has 0 unspecified atom stereocenters. The van der Waals surface area contributed by atoms with E-state index in [0.29, 0.717) is 18.8 Å². The van der Waals surface area contributed by atoms with Crippen molar-refractivity contribution in [3.8, 4) is 0 Å². The van der Waals surface area contributed by atoms with Crippen molar-refractivity contribution in [2.24, 2.45) is 5.41 Å². The molecule has 0 fully saturated rings. The van der Waals surface area contributed by atoms with Crippen molar-refractivity contribution in [3.05, 3.63) is 71.8 Å². The number of carbonyl (C=O) groups excluding carboxylic acids is 2. The van der Waals surface area contributed by atoms with Gasteiger partial charge in [-0.25, -0.2) is 4.79 Å². The largest absolute Gasteiger partial charge is 0.465 e. The molecule has 0 aliphatic heterocycles. The normalized spacial score (nSPS) is 11.8. The van der Waals surface area contributed by atoms with Crippen LogP contribution in [0.5, 0.6) is 0 Å². The third kappa shape index (κ3) is 8.41. The zero-order chi connectivity index (χ0) is 22.5. The van der Waals surface area contributed by atoms with Crippen LogP contribution >= 0.6 is 0 Å². The zero-order valence-electron chi connectivity index (χ0n) is 18.9. The van der Waals surface area contributed by atoms with Gasteiger partial charge < -0.3 is 9.47 Å². The molecule has 2 aromatic carbocycles. The Morgan fingerprint density at radius 3 is 1.94 bits per heavy atom. The number of hydrogen-bond acceptors (Lipinski definition) is 4. The Kier molecular flexibility index (Phi) is 10.0. The van der Waals surface area contributed by atoms with Crippen LogP contribution in [-0.2, 0) is 19.1 Å². The van der Waals surface area contributed by atoms with E-state index in [0.717, 1.165) is 43.2 Å². The van der Waals surface area contributed by atoms with E-state index in [1.807, 2.05) is 87.5 Å². The summed E-state index contributed by atoms with van der Waals surface area (Å²) in [6, 6.07) is 19.3. The van der Waals surface area contributed by atoms with Gasteiger partial charge in [-0.05, 0) is 63.2 Å². The molecule has 0 aliphatic carbocycles. The van der Waals surface area contributed by atoms with Crippen LogP contribution in [0, 0.1) is 5.41 Å². The van der Waals surface area contributed by atoms with Gasteiger partial charge in [0.25, 0.3) is 0 Å². The second-order valence-electron chi connectivity index (χ2n) is 8.26. The van der Waals surface area contributed by atoms with E-state index in [2.05, 4.69) is 0 Å². The van der Waals surface area contributed by atoms with Crippen molar-refractivity contribution in [1.29, 1.82) is 0 Å². The predicted octanol–water partition coefficient (Wildman–Crippen LogP) is 6.31. The Morgan fingerprint density at radius 1 is 0.806 bits per heavy atom. The van der Waals surface area contributed by atoms with Gasteiger partial charge in [0.1, 0.15) is 0 Å². The molecule has 2 aromatic rings. The highest BCUT2D eigenvalue weighted by molar-refractivity contribution is 6.21. The van der Waals surface area contributed by atoms with E-state index in [9.17, 15) is 9.59 Å². The van der Waals surface area contributed by atoms with Crippen molar-refractivity contribution in [2.75, 3.05) is 13.2 Å². The van der Waals surface area contributed by atoms with Gasteiger partial charge in [-0.3, -0.25) is 4.79 Å². The highest BCUT2D eigenvalue weighted by Crippen LogP contribution is 2.22. The maximum atomic E-state index is 12.7. The summed E-state index contributed by atoms with van der Waals surface area (Å²) in [5.74, 6) is -0.451. The average Bonchev–Trinajstić information content (AvgIpc) is 2.80. The summed E-state index contributed by atoms with van der Waals surface area (Å²) >= 11 is 0. The van der Waals surface area contributed by atoms with E-state index in [4.69, 9.17) is 9.47 Å². The Bertz CT molecular complexity index is 838. The molecule has 2 rings (SSSR count). The Balaban J connectivity index is 1.76. The van der Waals surface area contributed by atoms with Gasteiger partial charge in [-0.15, -0.1) is 0 Å². The van der Waals surface area contributed by atoms with E-state index < -0.39 is 5.41 Å². The maximum Gasteiger partial charge on any atom is 0.338 e. The van der Waals surface area contributed by atoms with Crippen molar-refractivity contribution < 1.29 is 19.1 Å². The molecule has 31 heavy (non-hydrogen) atoms. The second kappa shape index (κ2) is 12.7. The minimum atomic E-state index is -0.419.